The van der Waals surface area contributed by atoms with Crippen LogP contribution in [0.25, 0.3) is 6.08 Å². The van der Waals surface area contributed by atoms with Crippen LogP contribution in [0.3, 0.4) is 0 Å². The minimum atomic E-state index is -0.0305. The van der Waals surface area contributed by atoms with Gasteiger partial charge >= 0.3 is 0 Å². The molecule has 0 N–H and O–H groups in total. The van der Waals surface area contributed by atoms with Gasteiger partial charge in [-0.3, -0.25) is 4.79 Å². The summed E-state index contributed by atoms with van der Waals surface area (Å²) in [4.78, 5) is 13.0. The number of benzene rings is 2. The first-order valence-corrected chi connectivity index (χ1v) is 12.3. The van der Waals surface area contributed by atoms with Gasteiger partial charge in [0.25, 0.3) is 0 Å². The zero-order valence-corrected chi connectivity index (χ0v) is 22.2. The summed E-state index contributed by atoms with van der Waals surface area (Å²) in [5.74, 6) is 1.40. The van der Waals surface area contributed by atoms with Gasteiger partial charge in [0.15, 0.2) is 5.78 Å². The molecule has 1 aromatic heterocycles. The summed E-state index contributed by atoms with van der Waals surface area (Å²) in [5.41, 5.74) is 1.77. The number of thiophene rings is 1. The van der Waals surface area contributed by atoms with Crippen molar-refractivity contribution in [3.63, 3.8) is 0 Å². The molecule has 3 rings (SSSR count). The lowest BCUT2D eigenvalue weighted by molar-refractivity contribution is 0.105. The fraction of sp³-hybridized carbons (Fsp3) is 0.0952. The third-order valence-corrected chi connectivity index (χ3v) is 7.22. The van der Waals surface area contributed by atoms with Crippen molar-refractivity contribution >= 4 is 86.9 Å². The highest BCUT2D eigenvalue weighted by Gasteiger charge is 2.11. The molecule has 0 atom stereocenters. The van der Waals surface area contributed by atoms with E-state index in [4.69, 9.17) is 9.47 Å². The Bertz CT molecular complexity index is 1050. The number of carbonyl (C=O) groups is 1. The van der Waals surface area contributed by atoms with Crippen LogP contribution in [-0.2, 0) is 6.61 Å². The topological polar surface area (TPSA) is 35.5 Å². The Kier molecular flexibility index (Phi) is 8.15. The third kappa shape index (κ3) is 6.04. The molecule has 0 radical (unpaired) electrons. The van der Waals surface area contributed by atoms with Crippen LogP contribution in [0.15, 0.2) is 65.7 Å². The van der Waals surface area contributed by atoms with Gasteiger partial charge in [0.1, 0.15) is 18.1 Å². The minimum Gasteiger partial charge on any atom is -0.496 e. The fourth-order valence-corrected chi connectivity index (χ4v) is 6.36. The van der Waals surface area contributed by atoms with E-state index in [1.165, 1.54) is 11.3 Å². The summed E-state index contributed by atoms with van der Waals surface area (Å²) < 4.78 is 15.0. The van der Waals surface area contributed by atoms with Crippen LogP contribution in [-0.4, -0.2) is 12.9 Å². The van der Waals surface area contributed by atoms with Crippen molar-refractivity contribution in [3.8, 4) is 11.5 Å². The second-order valence-corrected chi connectivity index (χ2v) is 10.3. The molecule has 0 amide bonds. The monoisotopic (exact) mass is 662 g/mol. The van der Waals surface area contributed by atoms with Crippen LogP contribution in [0.5, 0.6) is 11.5 Å². The number of halogens is 4. The Labute approximate surface area is 206 Å². The number of hydrogen-bond acceptors (Lipinski definition) is 4. The number of ketones is 1. The van der Waals surface area contributed by atoms with Crippen molar-refractivity contribution < 1.29 is 14.3 Å². The molecule has 29 heavy (non-hydrogen) atoms. The van der Waals surface area contributed by atoms with Gasteiger partial charge in [0.2, 0.25) is 0 Å². The van der Waals surface area contributed by atoms with Gasteiger partial charge in [-0.15, -0.1) is 11.3 Å². The Balaban J connectivity index is 1.78. The predicted molar refractivity (Wildman–Crippen MR) is 132 cm³/mol. The van der Waals surface area contributed by atoms with Crippen molar-refractivity contribution in [3.05, 3.63) is 81.7 Å². The van der Waals surface area contributed by atoms with E-state index < -0.39 is 0 Å². The summed E-state index contributed by atoms with van der Waals surface area (Å²) in [6, 6.07) is 11.4. The van der Waals surface area contributed by atoms with Crippen molar-refractivity contribution in [1.29, 1.82) is 0 Å². The number of carbonyl (C=O) groups excluding carboxylic acids is 1. The number of hydrogen-bond donors (Lipinski definition) is 0. The molecule has 0 aliphatic carbocycles. The summed E-state index contributed by atoms with van der Waals surface area (Å²) in [5, 5.41) is 1.89. The molecule has 0 fully saturated rings. The van der Waals surface area contributed by atoms with E-state index in [1.807, 2.05) is 41.8 Å². The molecule has 0 saturated carbocycles. The molecule has 8 heteroatoms. The molecule has 2 aromatic carbocycles. The van der Waals surface area contributed by atoms with Crippen LogP contribution < -0.4 is 9.47 Å². The molecule has 0 unspecified atom stereocenters. The van der Waals surface area contributed by atoms with E-state index in [-0.39, 0.29) is 5.78 Å². The third-order valence-electron chi connectivity index (χ3n) is 3.88. The van der Waals surface area contributed by atoms with Crippen LogP contribution in [0.2, 0.25) is 0 Å². The van der Waals surface area contributed by atoms with Crippen LogP contribution in [0.1, 0.15) is 20.8 Å². The Morgan fingerprint density at radius 3 is 2.38 bits per heavy atom. The normalized spacial score (nSPS) is 11.1. The lowest BCUT2D eigenvalue weighted by Crippen LogP contribution is -2.00. The van der Waals surface area contributed by atoms with E-state index in [0.29, 0.717) is 17.2 Å². The van der Waals surface area contributed by atoms with E-state index in [0.717, 1.165) is 34.8 Å². The molecule has 3 nitrogen and oxygen atoms in total. The first-order chi connectivity index (χ1) is 13.9. The van der Waals surface area contributed by atoms with E-state index in [9.17, 15) is 4.79 Å². The Morgan fingerprint density at radius 1 is 1.03 bits per heavy atom. The summed E-state index contributed by atoms with van der Waals surface area (Å²) in [7, 11) is 1.62. The number of allylic oxidation sites excluding steroid dienone is 1. The molecule has 0 aliphatic heterocycles. The second-order valence-electron chi connectivity index (χ2n) is 5.89. The first kappa shape index (κ1) is 22.7. The zero-order chi connectivity index (χ0) is 21.0. The average molecular weight is 666 g/mol. The smallest absolute Gasteiger partial charge is 0.195 e. The fourth-order valence-electron chi connectivity index (χ4n) is 2.53. The number of methoxy groups -OCH3 is 1. The highest BCUT2D eigenvalue weighted by atomic mass is 79.9. The second kappa shape index (κ2) is 10.4. The van der Waals surface area contributed by atoms with Gasteiger partial charge in [-0.1, -0.05) is 28.1 Å². The van der Waals surface area contributed by atoms with Gasteiger partial charge in [-0.05, 0) is 89.8 Å². The molecular weight excluding hydrogens is 652 g/mol. The highest BCUT2D eigenvalue weighted by Crippen LogP contribution is 2.37. The van der Waals surface area contributed by atoms with Crippen LogP contribution in [0.4, 0.5) is 0 Å². The molecule has 0 saturated heterocycles. The van der Waals surface area contributed by atoms with E-state index in [1.54, 1.807) is 19.3 Å². The largest absolute Gasteiger partial charge is 0.496 e. The van der Waals surface area contributed by atoms with Gasteiger partial charge < -0.3 is 9.47 Å². The first-order valence-electron chi connectivity index (χ1n) is 8.28. The zero-order valence-electron chi connectivity index (χ0n) is 15.0. The molecule has 150 valence electrons. The molecular formula is C21H14Br4O3S. The SMILES string of the molecule is COc1ccc(/C=C/C(=O)c2cc(Br)cs2)cc1COc1c(Br)cc(Br)cc1Br. The van der Waals surface area contributed by atoms with E-state index in [2.05, 4.69) is 63.7 Å². The average Bonchev–Trinajstić information content (AvgIpc) is 3.12. The van der Waals surface area contributed by atoms with Crippen LogP contribution in [0, 0.1) is 0 Å². The molecule has 0 spiro atoms. The minimum absolute atomic E-state index is 0.0305. The molecule has 1 heterocycles. The maximum Gasteiger partial charge on any atom is 0.195 e. The molecule has 0 aliphatic rings. The lowest BCUT2D eigenvalue weighted by atomic mass is 10.1. The Hall–Kier alpha value is -0.930. The standard InChI is InChI=1S/C21H14Br4O3S/c1-27-19-5-3-12(2-4-18(26)20-9-15(23)11-29-20)6-13(19)10-28-21-16(24)7-14(22)8-17(21)25/h2-9,11H,10H2,1H3/b4-2+. The maximum absolute atomic E-state index is 12.3. The predicted octanol–water partition coefficient (Wildman–Crippen LogP) is 8.28. The van der Waals surface area contributed by atoms with Crippen molar-refractivity contribution in [1.82, 2.24) is 0 Å². The summed E-state index contributed by atoms with van der Waals surface area (Å²) >= 11 is 15.3. The van der Waals surface area contributed by atoms with Crippen LogP contribution >= 0.6 is 75.1 Å². The Morgan fingerprint density at radius 2 is 1.76 bits per heavy atom. The number of rotatable bonds is 7. The quantitative estimate of drug-likeness (QED) is 0.188. The van der Waals surface area contributed by atoms with Crippen molar-refractivity contribution in [2.24, 2.45) is 0 Å². The lowest BCUT2D eigenvalue weighted by Gasteiger charge is -2.14. The van der Waals surface area contributed by atoms with Gasteiger partial charge in [0, 0.05) is 19.9 Å². The highest BCUT2D eigenvalue weighted by molar-refractivity contribution is 9.11. The van der Waals surface area contributed by atoms with Gasteiger partial charge in [-0.25, -0.2) is 0 Å². The molecule has 0 bridgehead atoms. The molecule has 3 aromatic rings. The van der Waals surface area contributed by atoms with Crippen molar-refractivity contribution in [2.45, 2.75) is 6.61 Å². The van der Waals surface area contributed by atoms with E-state index >= 15 is 0 Å². The van der Waals surface area contributed by atoms with Crippen molar-refractivity contribution in [2.75, 3.05) is 7.11 Å². The summed E-state index contributed by atoms with van der Waals surface area (Å²) in [6.07, 6.45) is 3.37. The van der Waals surface area contributed by atoms with Gasteiger partial charge in [-0.2, -0.15) is 0 Å². The summed E-state index contributed by atoms with van der Waals surface area (Å²) in [6.45, 7) is 0.315. The maximum atomic E-state index is 12.3. The van der Waals surface area contributed by atoms with Gasteiger partial charge in [0.05, 0.1) is 20.9 Å². The number of ether oxygens (including phenoxy) is 2.